The molecule has 49 heavy (non-hydrogen) atoms. The fourth-order valence-corrected chi connectivity index (χ4v) is 9.36. The Morgan fingerprint density at radius 1 is 1.12 bits per heavy atom. The van der Waals surface area contributed by atoms with E-state index >= 15 is 0 Å². The lowest BCUT2D eigenvalue weighted by Crippen LogP contribution is -2.36. The van der Waals surface area contributed by atoms with E-state index in [0.717, 1.165) is 70.0 Å². The number of aromatic nitrogens is 5. The first-order chi connectivity index (χ1) is 23.9. The summed E-state index contributed by atoms with van der Waals surface area (Å²) in [6.07, 6.45) is 7.58. The van der Waals surface area contributed by atoms with Crippen molar-refractivity contribution in [2.75, 3.05) is 17.6 Å². The number of ether oxygens (including phenoxy) is 1. The van der Waals surface area contributed by atoms with E-state index in [1.165, 1.54) is 4.70 Å². The van der Waals surface area contributed by atoms with Crippen LogP contribution in [0.25, 0.3) is 43.5 Å². The molecule has 2 aliphatic heterocycles. The van der Waals surface area contributed by atoms with Crippen molar-refractivity contribution in [1.82, 2.24) is 35.1 Å². The highest BCUT2D eigenvalue weighted by atomic mass is 32.2. The number of hydrogen-bond acceptors (Lipinski definition) is 9. The molecule has 0 spiro atoms. The van der Waals surface area contributed by atoms with Crippen LogP contribution in [0.4, 0.5) is 10.6 Å². The van der Waals surface area contributed by atoms with Gasteiger partial charge in [-0.3, -0.25) is 4.79 Å². The van der Waals surface area contributed by atoms with E-state index in [9.17, 15) is 9.59 Å². The third kappa shape index (κ3) is 6.32. The van der Waals surface area contributed by atoms with Crippen LogP contribution in [0, 0.1) is 0 Å². The fourth-order valence-electron chi connectivity index (χ4n) is 6.87. The Balaban J connectivity index is 0.919. The molecule has 0 aliphatic carbocycles. The predicted molar refractivity (Wildman–Crippen MR) is 197 cm³/mol. The number of amides is 2. The average Bonchev–Trinajstić information content (AvgIpc) is 3.92. The zero-order valence-corrected chi connectivity index (χ0v) is 29.0. The molecule has 2 aliphatic rings. The number of fused-ring (bicyclic) bond motifs is 4. The molecule has 6 heterocycles. The van der Waals surface area contributed by atoms with Crippen molar-refractivity contribution in [2.45, 2.75) is 69.3 Å². The van der Waals surface area contributed by atoms with Gasteiger partial charge in [-0.15, -0.1) is 11.3 Å². The quantitative estimate of drug-likeness (QED) is 0.0463. The molecular formula is C36H38N8O3S2. The summed E-state index contributed by atoms with van der Waals surface area (Å²) in [7, 11) is 0. The second-order valence-electron chi connectivity index (χ2n) is 13.0. The van der Waals surface area contributed by atoms with Crippen molar-refractivity contribution >= 4 is 73.1 Å². The molecule has 0 saturated carbocycles. The van der Waals surface area contributed by atoms with Crippen molar-refractivity contribution < 1.29 is 14.3 Å². The number of thiophene rings is 1. The smallest absolute Gasteiger partial charge is 0.315 e. The van der Waals surface area contributed by atoms with Gasteiger partial charge in [0.1, 0.15) is 11.3 Å². The number of carbonyl (C=O) groups is 2. The number of rotatable bonds is 12. The van der Waals surface area contributed by atoms with Crippen LogP contribution in [0.15, 0.2) is 60.4 Å². The number of aromatic amines is 1. The SMILES string of the molecule is CC(C)n1cnc2c(NCCc3c[nH]c4ccc(OC(=O)CCCC[C@@H]5SC[C@@H]6NC(=O)N[C@@H]65)cc34)nc(-c3csc4ccccc34)nc21. The number of nitrogens with zero attached hydrogens (tertiary/aromatic N) is 4. The number of unbranched alkanes of at least 4 members (excludes halogenated alkanes) is 1. The third-order valence-electron chi connectivity index (χ3n) is 9.41. The Labute approximate surface area is 291 Å². The number of anilines is 1. The summed E-state index contributed by atoms with van der Waals surface area (Å²) in [5, 5.41) is 14.2. The minimum Gasteiger partial charge on any atom is -0.427 e. The van der Waals surface area contributed by atoms with E-state index in [-0.39, 0.29) is 30.1 Å². The highest BCUT2D eigenvalue weighted by Gasteiger charge is 2.42. The minimum absolute atomic E-state index is 0.0678. The molecule has 4 aromatic heterocycles. The molecule has 2 amide bonds. The Morgan fingerprint density at radius 3 is 2.92 bits per heavy atom. The van der Waals surface area contributed by atoms with E-state index in [1.807, 2.05) is 48.6 Å². The molecule has 6 aromatic rings. The third-order valence-corrected chi connectivity index (χ3v) is 11.9. The van der Waals surface area contributed by atoms with Crippen LogP contribution in [-0.4, -0.2) is 66.1 Å². The van der Waals surface area contributed by atoms with Gasteiger partial charge < -0.3 is 30.2 Å². The maximum Gasteiger partial charge on any atom is 0.315 e. The summed E-state index contributed by atoms with van der Waals surface area (Å²) < 4.78 is 9.04. The highest BCUT2D eigenvalue weighted by Crippen LogP contribution is 2.35. The molecule has 4 N–H and O–H groups in total. The van der Waals surface area contributed by atoms with Gasteiger partial charge in [-0.25, -0.2) is 19.7 Å². The van der Waals surface area contributed by atoms with Gasteiger partial charge in [0.25, 0.3) is 0 Å². The Bertz CT molecular complexity index is 2170. The lowest BCUT2D eigenvalue weighted by molar-refractivity contribution is -0.134. The number of nitrogens with one attached hydrogen (secondary N) is 4. The second kappa shape index (κ2) is 13.4. The zero-order valence-electron chi connectivity index (χ0n) is 27.4. The van der Waals surface area contributed by atoms with Gasteiger partial charge in [0.15, 0.2) is 17.3 Å². The number of benzene rings is 2. The standard InChI is InChI=1S/C36H38N8O3S2/c1-20(2)44-19-39-32-34(42-33(43-35(32)44)25-17-48-28-8-4-3-7-23(25)28)37-14-13-21-16-38-26-12-11-22(15-24(21)26)47-30(45)10-6-5-9-29-31-27(18-49-29)40-36(46)41-31/h3-4,7-8,11-12,15-17,19-20,27,29,31,38H,5-6,9-10,13-14,18H2,1-2H3,(H,37,42,43)(H2,40,41,46)/t27-,29-,31-/m0/s1. The predicted octanol–water partition coefficient (Wildman–Crippen LogP) is 7.06. The molecule has 0 radical (unpaired) electrons. The Kier molecular flexibility index (Phi) is 8.62. The monoisotopic (exact) mass is 694 g/mol. The molecule has 3 atom stereocenters. The molecular weight excluding hydrogens is 657 g/mol. The van der Waals surface area contributed by atoms with Crippen LogP contribution >= 0.6 is 23.1 Å². The topological polar surface area (TPSA) is 139 Å². The van der Waals surface area contributed by atoms with Crippen molar-refractivity contribution in [3.8, 4) is 17.1 Å². The van der Waals surface area contributed by atoms with Crippen LogP contribution in [-0.2, 0) is 11.2 Å². The van der Waals surface area contributed by atoms with Crippen LogP contribution in [0.5, 0.6) is 5.75 Å². The number of imidazole rings is 1. The van der Waals surface area contributed by atoms with Crippen LogP contribution in [0.3, 0.4) is 0 Å². The Hall–Kier alpha value is -4.62. The van der Waals surface area contributed by atoms with Crippen molar-refractivity contribution in [3.63, 3.8) is 0 Å². The van der Waals surface area contributed by atoms with E-state index in [0.29, 0.717) is 35.6 Å². The average molecular weight is 695 g/mol. The zero-order chi connectivity index (χ0) is 33.5. The molecule has 8 rings (SSSR count). The number of H-pyrrole nitrogens is 1. The van der Waals surface area contributed by atoms with Crippen LogP contribution in [0.1, 0.15) is 51.1 Å². The number of urea groups is 1. The molecule has 252 valence electrons. The van der Waals surface area contributed by atoms with Gasteiger partial charge in [0.05, 0.1) is 18.4 Å². The van der Waals surface area contributed by atoms with Gasteiger partial charge in [0, 0.05) is 68.1 Å². The summed E-state index contributed by atoms with van der Waals surface area (Å²) in [6.45, 7) is 4.88. The molecule has 2 fully saturated rings. The summed E-state index contributed by atoms with van der Waals surface area (Å²) in [5.41, 5.74) is 4.68. The van der Waals surface area contributed by atoms with Gasteiger partial charge in [0.2, 0.25) is 0 Å². The lowest BCUT2D eigenvalue weighted by atomic mass is 10.0. The Morgan fingerprint density at radius 2 is 2.02 bits per heavy atom. The van der Waals surface area contributed by atoms with E-state index < -0.39 is 0 Å². The maximum atomic E-state index is 12.7. The molecule has 0 bridgehead atoms. The van der Waals surface area contributed by atoms with Gasteiger partial charge >= 0.3 is 12.0 Å². The van der Waals surface area contributed by atoms with Crippen LogP contribution in [0.2, 0.25) is 0 Å². The maximum absolute atomic E-state index is 12.7. The van der Waals surface area contributed by atoms with Gasteiger partial charge in [-0.1, -0.05) is 24.6 Å². The minimum atomic E-state index is -0.228. The summed E-state index contributed by atoms with van der Waals surface area (Å²) in [4.78, 5) is 42.4. The summed E-state index contributed by atoms with van der Waals surface area (Å²) >= 11 is 3.59. The molecule has 0 unspecified atom stereocenters. The van der Waals surface area contributed by atoms with Crippen molar-refractivity contribution in [2.24, 2.45) is 0 Å². The van der Waals surface area contributed by atoms with E-state index in [1.54, 1.807) is 11.3 Å². The van der Waals surface area contributed by atoms with Crippen molar-refractivity contribution in [3.05, 3.63) is 65.9 Å². The summed E-state index contributed by atoms with van der Waals surface area (Å²) in [5.74, 6) is 2.65. The largest absolute Gasteiger partial charge is 0.427 e. The number of thioether (sulfide) groups is 1. The van der Waals surface area contributed by atoms with Crippen molar-refractivity contribution in [1.29, 1.82) is 0 Å². The molecule has 11 nitrogen and oxygen atoms in total. The fraction of sp³-hybridized carbons (Fsp3) is 0.361. The van der Waals surface area contributed by atoms with Crippen LogP contribution < -0.4 is 20.7 Å². The van der Waals surface area contributed by atoms with Gasteiger partial charge in [-0.05, 0) is 62.9 Å². The van der Waals surface area contributed by atoms with E-state index in [2.05, 4.69) is 62.9 Å². The number of hydrogen-bond donors (Lipinski definition) is 4. The number of carbonyl (C=O) groups excluding carboxylic acids is 2. The number of esters is 1. The first-order valence-corrected chi connectivity index (χ1v) is 18.8. The second-order valence-corrected chi connectivity index (χ2v) is 15.2. The lowest BCUT2D eigenvalue weighted by Gasteiger charge is -2.16. The normalized spacial score (nSPS) is 18.8. The first-order valence-electron chi connectivity index (χ1n) is 16.9. The first kappa shape index (κ1) is 31.6. The molecule has 2 saturated heterocycles. The molecule has 13 heteroatoms. The van der Waals surface area contributed by atoms with E-state index in [4.69, 9.17) is 19.7 Å². The molecule has 2 aromatic carbocycles. The summed E-state index contributed by atoms with van der Waals surface area (Å²) in [6, 6.07) is 14.6. The van der Waals surface area contributed by atoms with Gasteiger partial charge in [-0.2, -0.15) is 11.8 Å². The highest BCUT2D eigenvalue weighted by molar-refractivity contribution is 8.00.